The van der Waals surface area contributed by atoms with Gasteiger partial charge in [0.2, 0.25) is 6.79 Å². The second-order valence-electron chi connectivity index (χ2n) is 7.62. The summed E-state index contributed by atoms with van der Waals surface area (Å²) in [6.45, 7) is 3.82. The molecule has 0 saturated carbocycles. The number of nitrogens with zero attached hydrogens (tertiary/aromatic N) is 1. The number of rotatable bonds is 3. The molecule has 3 heterocycles. The van der Waals surface area contributed by atoms with E-state index in [-0.39, 0.29) is 0 Å². The summed E-state index contributed by atoms with van der Waals surface area (Å²) < 4.78 is 10.8. The molecule has 136 valence electrons. The fourth-order valence-electron chi connectivity index (χ4n) is 4.43. The Morgan fingerprint density at radius 2 is 1.77 bits per heavy atom. The first-order valence-electron chi connectivity index (χ1n) is 9.49. The molecule has 1 unspecified atom stereocenters. The van der Waals surface area contributed by atoms with Crippen molar-refractivity contribution in [3.8, 4) is 11.5 Å². The third kappa shape index (κ3) is 2.86. The van der Waals surface area contributed by atoms with Crippen molar-refractivity contribution in [1.29, 1.82) is 0 Å². The number of hydrogen-bond acceptors (Lipinski definition) is 5. The molecule has 26 heavy (non-hydrogen) atoms. The van der Waals surface area contributed by atoms with Gasteiger partial charge in [-0.3, -0.25) is 0 Å². The number of fused-ring (bicyclic) bond motifs is 2. The van der Waals surface area contributed by atoms with E-state index in [4.69, 9.17) is 9.47 Å². The summed E-state index contributed by atoms with van der Waals surface area (Å²) in [6.07, 6.45) is 2.61. The van der Waals surface area contributed by atoms with Crippen molar-refractivity contribution in [1.82, 2.24) is 4.90 Å². The smallest absolute Gasteiger partial charge is 0.231 e. The zero-order valence-electron chi connectivity index (χ0n) is 15.1. The standard InChI is InChI=1S/C21H25N3O2/c1-24-8-6-14(7-9-24)18-12-22-19-10-15(2-4-17(18)19)23-16-3-5-20-21(11-16)26-13-25-20/h2-5,10-11,14,18,22-23H,6-9,12-13H2,1H3. The minimum Gasteiger partial charge on any atom is -0.454 e. The fourth-order valence-corrected chi connectivity index (χ4v) is 4.43. The van der Waals surface area contributed by atoms with E-state index in [2.05, 4.69) is 40.8 Å². The number of hydrogen-bond donors (Lipinski definition) is 2. The number of piperidine rings is 1. The summed E-state index contributed by atoms with van der Waals surface area (Å²) in [5.74, 6) is 3.06. The van der Waals surface area contributed by atoms with Crippen LogP contribution in [0.3, 0.4) is 0 Å². The number of benzene rings is 2. The Balaban J connectivity index is 1.32. The third-order valence-electron chi connectivity index (χ3n) is 5.96. The molecule has 1 atom stereocenters. The van der Waals surface area contributed by atoms with Crippen LogP contribution in [0.5, 0.6) is 11.5 Å². The Kier molecular flexibility index (Phi) is 3.89. The highest BCUT2D eigenvalue weighted by Crippen LogP contribution is 2.42. The van der Waals surface area contributed by atoms with Crippen LogP contribution in [-0.4, -0.2) is 38.4 Å². The van der Waals surface area contributed by atoms with Crippen LogP contribution in [-0.2, 0) is 0 Å². The largest absolute Gasteiger partial charge is 0.454 e. The molecule has 3 aliphatic rings. The van der Waals surface area contributed by atoms with Gasteiger partial charge in [0.1, 0.15) is 0 Å². The van der Waals surface area contributed by atoms with Gasteiger partial charge in [-0.05, 0) is 68.7 Å². The molecule has 2 N–H and O–H groups in total. The van der Waals surface area contributed by atoms with Crippen molar-refractivity contribution in [2.45, 2.75) is 18.8 Å². The highest BCUT2D eigenvalue weighted by Gasteiger charge is 2.31. The van der Waals surface area contributed by atoms with Gasteiger partial charge < -0.3 is 25.0 Å². The summed E-state index contributed by atoms with van der Waals surface area (Å²) in [4.78, 5) is 2.44. The van der Waals surface area contributed by atoms with Gasteiger partial charge >= 0.3 is 0 Å². The zero-order chi connectivity index (χ0) is 17.5. The fraction of sp³-hybridized carbons (Fsp3) is 0.429. The minimum atomic E-state index is 0.305. The van der Waals surface area contributed by atoms with Crippen molar-refractivity contribution in [3.05, 3.63) is 42.0 Å². The highest BCUT2D eigenvalue weighted by atomic mass is 16.7. The molecule has 0 bridgehead atoms. The molecular formula is C21H25N3O2. The summed E-state index contributed by atoms with van der Waals surface area (Å²) >= 11 is 0. The first kappa shape index (κ1) is 15.8. The van der Waals surface area contributed by atoms with Crippen LogP contribution in [0.4, 0.5) is 17.1 Å². The molecule has 2 aromatic rings. The molecule has 5 rings (SSSR count). The summed E-state index contributed by atoms with van der Waals surface area (Å²) in [5, 5.41) is 7.11. The molecule has 0 radical (unpaired) electrons. The number of ether oxygens (including phenoxy) is 2. The molecule has 3 aliphatic heterocycles. The van der Waals surface area contributed by atoms with Crippen LogP contribution < -0.4 is 20.1 Å². The maximum atomic E-state index is 5.46. The molecule has 0 spiro atoms. The van der Waals surface area contributed by atoms with Crippen molar-refractivity contribution in [2.75, 3.05) is 44.1 Å². The minimum absolute atomic E-state index is 0.305. The lowest BCUT2D eigenvalue weighted by Gasteiger charge is -2.32. The molecule has 5 heteroatoms. The monoisotopic (exact) mass is 351 g/mol. The summed E-state index contributed by atoms with van der Waals surface area (Å²) in [5.41, 5.74) is 4.87. The Morgan fingerprint density at radius 3 is 2.65 bits per heavy atom. The Morgan fingerprint density at radius 1 is 1.00 bits per heavy atom. The van der Waals surface area contributed by atoms with E-state index in [0.717, 1.165) is 35.3 Å². The highest BCUT2D eigenvalue weighted by molar-refractivity contribution is 5.70. The lowest BCUT2D eigenvalue weighted by Crippen LogP contribution is -2.33. The lowest BCUT2D eigenvalue weighted by atomic mass is 9.81. The molecular weight excluding hydrogens is 326 g/mol. The SMILES string of the molecule is CN1CCC(C2CNc3cc(Nc4ccc5c(c4)OCO5)ccc32)CC1. The second kappa shape index (κ2) is 6.40. The van der Waals surface area contributed by atoms with Crippen LogP contribution in [0.1, 0.15) is 24.3 Å². The number of anilines is 3. The van der Waals surface area contributed by atoms with Crippen molar-refractivity contribution in [3.63, 3.8) is 0 Å². The average Bonchev–Trinajstić information content (AvgIpc) is 3.28. The first-order valence-corrected chi connectivity index (χ1v) is 9.49. The van der Waals surface area contributed by atoms with Crippen LogP contribution in [0.25, 0.3) is 0 Å². The normalized spacial score (nSPS) is 22.1. The Hall–Kier alpha value is -2.40. The quantitative estimate of drug-likeness (QED) is 0.875. The van der Waals surface area contributed by atoms with Gasteiger partial charge in [0, 0.05) is 35.6 Å². The number of likely N-dealkylation sites (tertiary alicyclic amines) is 1. The molecule has 2 aromatic carbocycles. The molecule has 0 aromatic heterocycles. The molecule has 1 fully saturated rings. The summed E-state index contributed by atoms with van der Waals surface area (Å²) in [7, 11) is 2.23. The second-order valence-corrected chi connectivity index (χ2v) is 7.62. The van der Waals surface area contributed by atoms with Crippen LogP contribution >= 0.6 is 0 Å². The van der Waals surface area contributed by atoms with E-state index in [1.165, 1.54) is 37.2 Å². The first-order chi connectivity index (χ1) is 12.8. The summed E-state index contributed by atoms with van der Waals surface area (Å²) in [6, 6.07) is 12.7. The van der Waals surface area contributed by atoms with E-state index in [0.29, 0.717) is 12.7 Å². The Bertz CT molecular complexity index is 815. The maximum absolute atomic E-state index is 5.46. The maximum Gasteiger partial charge on any atom is 0.231 e. The lowest BCUT2D eigenvalue weighted by molar-refractivity contribution is 0.174. The van der Waals surface area contributed by atoms with Crippen LogP contribution in [0.15, 0.2) is 36.4 Å². The van der Waals surface area contributed by atoms with Crippen LogP contribution in [0, 0.1) is 5.92 Å². The zero-order valence-corrected chi connectivity index (χ0v) is 15.1. The van der Waals surface area contributed by atoms with Gasteiger partial charge in [-0.15, -0.1) is 0 Å². The van der Waals surface area contributed by atoms with E-state index in [1.807, 2.05) is 18.2 Å². The van der Waals surface area contributed by atoms with Gasteiger partial charge in [0.25, 0.3) is 0 Å². The third-order valence-corrected chi connectivity index (χ3v) is 5.96. The average molecular weight is 351 g/mol. The molecule has 0 aliphatic carbocycles. The van der Waals surface area contributed by atoms with Crippen LogP contribution in [0.2, 0.25) is 0 Å². The molecule has 0 amide bonds. The van der Waals surface area contributed by atoms with Gasteiger partial charge in [-0.25, -0.2) is 0 Å². The molecule has 1 saturated heterocycles. The van der Waals surface area contributed by atoms with Gasteiger partial charge in [0.05, 0.1) is 0 Å². The van der Waals surface area contributed by atoms with Gasteiger partial charge in [-0.1, -0.05) is 6.07 Å². The van der Waals surface area contributed by atoms with E-state index in [1.54, 1.807) is 0 Å². The topological polar surface area (TPSA) is 45.8 Å². The van der Waals surface area contributed by atoms with E-state index >= 15 is 0 Å². The number of nitrogens with one attached hydrogen (secondary N) is 2. The predicted octanol–water partition coefficient (Wildman–Crippen LogP) is 4.01. The predicted molar refractivity (Wildman–Crippen MR) is 104 cm³/mol. The van der Waals surface area contributed by atoms with Crippen molar-refractivity contribution >= 4 is 17.1 Å². The van der Waals surface area contributed by atoms with Gasteiger partial charge in [0.15, 0.2) is 11.5 Å². The van der Waals surface area contributed by atoms with E-state index in [9.17, 15) is 0 Å². The Labute approximate surface area is 154 Å². The van der Waals surface area contributed by atoms with Crippen molar-refractivity contribution < 1.29 is 9.47 Å². The van der Waals surface area contributed by atoms with Crippen molar-refractivity contribution in [2.24, 2.45) is 5.92 Å². The van der Waals surface area contributed by atoms with Gasteiger partial charge in [-0.2, -0.15) is 0 Å². The van der Waals surface area contributed by atoms with E-state index < -0.39 is 0 Å². The molecule has 5 nitrogen and oxygen atoms in total.